The predicted octanol–water partition coefficient (Wildman–Crippen LogP) is 4.64. The van der Waals surface area contributed by atoms with Crippen molar-refractivity contribution in [2.24, 2.45) is 17.8 Å². The Morgan fingerprint density at radius 3 is 2.41 bits per heavy atom. The predicted molar refractivity (Wildman–Crippen MR) is 120 cm³/mol. The molecule has 4 rings (SSSR count). The van der Waals surface area contributed by atoms with Crippen LogP contribution in [0.2, 0.25) is 0 Å². The molecule has 0 radical (unpaired) electrons. The van der Waals surface area contributed by atoms with E-state index in [-0.39, 0.29) is 17.7 Å². The quantitative estimate of drug-likeness (QED) is 0.651. The molecule has 1 aromatic heterocycles. The Morgan fingerprint density at radius 1 is 1.15 bits per heavy atom. The van der Waals surface area contributed by atoms with Crippen molar-refractivity contribution in [3.8, 4) is 0 Å². The topological polar surface area (TPSA) is 72.8 Å². The van der Waals surface area contributed by atoms with Gasteiger partial charge in [0.15, 0.2) is 0 Å². The molecule has 1 saturated carbocycles. The minimum absolute atomic E-state index is 0.260. The number of nitrogens with zero attached hydrogens (tertiary/aromatic N) is 2. The number of nitrogens with one attached hydrogen (secondary N) is 1. The van der Waals surface area contributed by atoms with E-state index in [1.807, 2.05) is 12.1 Å². The minimum atomic E-state index is -4.15. The number of benzene rings is 1. The maximum Gasteiger partial charge on any atom is 0.419 e. The number of hydrogen-bond donors (Lipinski definition) is 1. The first-order chi connectivity index (χ1) is 15.8. The van der Waals surface area contributed by atoms with E-state index in [4.69, 9.17) is 9.47 Å². The van der Waals surface area contributed by atoms with Gasteiger partial charge in [-0.25, -0.2) is 4.79 Å². The van der Waals surface area contributed by atoms with Crippen molar-refractivity contribution < 1.29 is 32.2 Å². The highest BCUT2D eigenvalue weighted by Gasteiger charge is 2.56. The summed E-state index contributed by atoms with van der Waals surface area (Å²) in [6, 6.07) is 5.49. The zero-order valence-corrected chi connectivity index (χ0v) is 19.7. The Kier molecular flexibility index (Phi) is 6.41. The molecule has 10 heteroatoms. The number of alkyl halides is 3. The molecule has 2 aromatic rings. The van der Waals surface area contributed by atoms with Gasteiger partial charge in [-0.3, -0.25) is 14.3 Å². The van der Waals surface area contributed by atoms with Crippen LogP contribution in [-0.2, 0) is 20.9 Å². The average molecular weight is 482 g/mol. The van der Waals surface area contributed by atoms with E-state index in [1.165, 1.54) is 16.4 Å². The average Bonchev–Trinajstić information content (AvgIpc) is 3.01. The second-order valence-electron chi connectivity index (χ2n) is 10.2. The normalized spacial score (nSPS) is 22.6. The number of halogens is 3. The van der Waals surface area contributed by atoms with E-state index < -0.39 is 24.4 Å². The van der Waals surface area contributed by atoms with Crippen LogP contribution < -0.4 is 5.32 Å². The van der Waals surface area contributed by atoms with Crippen LogP contribution >= 0.6 is 0 Å². The smallest absolute Gasteiger partial charge is 0.419 e. The van der Waals surface area contributed by atoms with Crippen molar-refractivity contribution in [3.05, 3.63) is 30.0 Å². The molecule has 1 unspecified atom stereocenters. The van der Waals surface area contributed by atoms with Crippen LogP contribution in [0.1, 0.15) is 33.3 Å². The number of aromatic nitrogens is 1. The molecule has 1 amide bonds. The van der Waals surface area contributed by atoms with Crippen LogP contribution in [0.25, 0.3) is 10.9 Å². The molecule has 2 heterocycles. The van der Waals surface area contributed by atoms with Crippen LogP contribution in [0.3, 0.4) is 0 Å². The fraction of sp³-hybridized carbons (Fsp3) is 0.583. The zero-order chi connectivity index (χ0) is 24.8. The summed E-state index contributed by atoms with van der Waals surface area (Å²) in [4.78, 5) is 25.8. The molecule has 3 atom stereocenters. The number of carbonyl (C=O) groups is 2. The summed E-state index contributed by atoms with van der Waals surface area (Å²) in [5.41, 5.74) is 1.30. The molecule has 7 nitrogen and oxygen atoms in total. The Labute approximate surface area is 196 Å². The third-order valence-corrected chi connectivity index (χ3v) is 6.20. The molecule has 1 aliphatic heterocycles. The third-order valence-electron chi connectivity index (χ3n) is 6.20. The highest BCUT2D eigenvalue weighted by atomic mass is 19.4. The van der Waals surface area contributed by atoms with Crippen LogP contribution in [0.15, 0.2) is 24.4 Å². The van der Waals surface area contributed by atoms with Gasteiger partial charge in [-0.05, 0) is 56.2 Å². The number of ether oxygens (including phenoxy) is 2. The minimum Gasteiger partial charge on any atom is -0.443 e. The van der Waals surface area contributed by atoms with Crippen LogP contribution in [0.5, 0.6) is 0 Å². The monoisotopic (exact) mass is 481 g/mol. The summed E-state index contributed by atoms with van der Waals surface area (Å²) < 4.78 is 50.4. The summed E-state index contributed by atoms with van der Waals surface area (Å²) in [5.74, 6) is 0.597. The van der Waals surface area contributed by atoms with Crippen molar-refractivity contribution in [2.45, 2.75) is 46.1 Å². The summed E-state index contributed by atoms with van der Waals surface area (Å²) in [7, 11) is 0. The standard InChI is InChI=1S/C24H30F3N3O4/c1-14(31)28-20-10-30(22(32)34-23(2,3)4)21-6-5-15(7-16(20)21)11-33-12-19-17-8-29(9-18(17)19)13-24(25,26)27/h5-7,10,17-19H,8-9,11-13H2,1-4H3,(H,28,31)/t17-,18+,19?. The number of amides is 1. The van der Waals surface area contributed by atoms with Crippen LogP contribution in [-0.4, -0.2) is 59.5 Å². The van der Waals surface area contributed by atoms with Gasteiger partial charge in [0, 0.05) is 31.6 Å². The van der Waals surface area contributed by atoms with Gasteiger partial charge in [0.1, 0.15) is 5.60 Å². The fourth-order valence-electron chi connectivity index (χ4n) is 4.80. The van der Waals surface area contributed by atoms with E-state index in [9.17, 15) is 22.8 Å². The molecular formula is C24H30F3N3O4. The van der Waals surface area contributed by atoms with Crippen molar-refractivity contribution in [3.63, 3.8) is 0 Å². The highest BCUT2D eigenvalue weighted by molar-refractivity contribution is 6.04. The summed E-state index contributed by atoms with van der Waals surface area (Å²) in [5, 5.41) is 3.44. The lowest BCUT2D eigenvalue weighted by atomic mass is 10.1. The van der Waals surface area contributed by atoms with Crippen molar-refractivity contribution in [1.29, 1.82) is 0 Å². The number of anilines is 1. The van der Waals surface area contributed by atoms with E-state index in [2.05, 4.69) is 5.32 Å². The van der Waals surface area contributed by atoms with E-state index in [0.29, 0.717) is 48.8 Å². The molecular weight excluding hydrogens is 451 g/mol. The second-order valence-corrected chi connectivity index (χ2v) is 10.2. The number of rotatable bonds is 6. The van der Waals surface area contributed by atoms with Gasteiger partial charge in [-0.15, -0.1) is 0 Å². The van der Waals surface area contributed by atoms with E-state index >= 15 is 0 Å². The van der Waals surface area contributed by atoms with E-state index in [1.54, 1.807) is 33.0 Å². The van der Waals surface area contributed by atoms with Gasteiger partial charge in [-0.2, -0.15) is 13.2 Å². The molecule has 34 heavy (non-hydrogen) atoms. The van der Waals surface area contributed by atoms with Gasteiger partial charge >= 0.3 is 12.3 Å². The van der Waals surface area contributed by atoms with Gasteiger partial charge in [0.2, 0.25) is 5.91 Å². The first-order valence-electron chi connectivity index (χ1n) is 11.3. The first-order valence-corrected chi connectivity index (χ1v) is 11.3. The summed E-state index contributed by atoms with van der Waals surface area (Å²) in [6.45, 7) is 7.68. The van der Waals surface area contributed by atoms with Crippen molar-refractivity contribution in [1.82, 2.24) is 9.47 Å². The van der Waals surface area contributed by atoms with Gasteiger partial charge in [-0.1, -0.05) is 6.07 Å². The maximum absolute atomic E-state index is 12.6. The van der Waals surface area contributed by atoms with Crippen LogP contribution in [0, 0.1) is 17.8 Å². The molecule has 1 aliphatic carbocycles. The number of likely N-dealkylation sites (tertiary alicyclic amines) is 1. The Balaban J connectivity index is 1.39. The molecule has 1 saturated heterocycles. The fourth-order valence-corrected chi connectivity index (χ4v) is 4.80. The Morgan fingerprint density at radius 2 is 1.82 bits per heavy atom. The lowest BCUT2D eigenvalue weighted by Crippen LogP contribution is -2.34. The molecule has 0 spiro atoms. The number of hydrogen-bond acceptors (Lipinski definition) is 5. The number of carbonyl (C=O) groups excluding carboxylic acids is 2. The summed E-state index contributed by atoms with van der Waals surface area (Å²) in [6.07, 6.45) is -3.15. The summed E-state index contributed by atoms with van der Waals surface area (Å²) >= 11 is 0. The molecule has 1 aromatic carbocycles. The molecule has 2 aliphatic rings. The first kappa shape index (κ1) is 24.5. The maximum atomic E-state index is 12.6. The largest absolute Gasteiger partial charge is 0.443 e. The lowest BCUT2D eigenvalue weighted by molar-refractivity contribution is -0.145. The van der Waals surface area contributed by atoms with Crippen LogP contribution in [0.4, 0.5) is 23.7 Å². The molecule has 0 bridgehead atoms. The number of piperidine rings is 1. The van der Waals surface area contributed by atoms with E-state index in [0.717, 1.165) is 5.56 Å². The highest BCUT2D eigenvalue weighted by Crippen LogP contribution is 2.52. The zero-order valence-electron chi connectivity index (χ0n) is 19.7. The Bertz CT molecular complexity index is 1080. The third kappa shape index (κ3) is 5.72. The van der Waals surface area contributed by atoms with Gasteiger partial charge < -0.3 is 14.8 Å². The Hall–Kier alpha value is -2.59. The lowest BCUT2D eigenvalue weighted by Gasteiger charge is -2.20. The van der Waals surface area contributed by atoms with Gasteiger partial charge in [0.05, 0.1) is 31.0 Å². The SMILES string of the molecule is CC(=O)Nc1cn(C(=O)OC(C)(C)C)c2ccc(COCC3[C@H]4CN(CC(F)(F)F)C[C@@H]34)cc12. The number of fused-ring (bicyclic) bond motifs is 2. The van der Waals surface area contributed by atoms with Gasteiger partial charge in [0.25, 0.3) is 0 Å². The second kappa shape index (κ2) is 8.88. The van der Waals surface area contributed by atoms with Crippen molar-refractivity contribution in [2.75, 3.05) is 31.6 Å². The molecule has 2 fully saturated rings. The van der Waals surface area contributed by atoms with Crippen molar-refractivity contribution >= 4 is 28.6 Å². The molecule has 186 valence electrons. The molecule has 1 N–H and O–H groups in total.